The number of pyridine rings is 1. The molecule has 0 saturated carbocycles. The molecule has 0 spiro atoms. The van der Waals surface area contributed by atoms with Crippen LogP contribution in [0.25, 0.3) is 0 Å². The number of aliphatic imine (C=N–C) groups is 1. The molecule has 0 aliphatic rings. The van der Waals surface area contributed by atoms with Crippen LogP contribution in [-0.4, -0.2) is 16.5 Å². The molecule has 1 heterocycles. The molecule has 1 rings (SSSR count). The van der Waals surface area contributed by atoms with Gasteiger partial charge in [0.25, 0.3) is 0 Å². The summed E-state index contributed by atoms with van der Waals surface area (Å²) in [4.78, 5) is 7.74. The zero-order valence-electron chi connectivity index (χ0n) is 5.53. The lowest BCUT2D eigenvalue weighted by atomic mass is 10.5. The first-order chi connectivity index (χ1) is 5.33. The summed E-state index contributed by atoms with van der Waals surface area (Å²) < 4.78 is 0.713. The Labute approximate surface area is 72.1 Å². The minimum Gasteiger partial charge on any atom is -0.290 e. The first kappa shape index (κ1) is 8.16. The Hall–Kier alpha value is -0.940. The Balaban J connectivity index is 2.79. The average molecular weight is 216 g/mol. The van der Waals surface area contributed by atoms with E-state index in [-0.39, 0.29) is 0 Å². The number of hydrogen-bond acceptors (Lipinski definition) is 3. The van der Waals surface area contributed by atoms with Gasteiger partial charge >= 0.3 is 0 Å². The van der Waals surface area contributed by atoms with Crippen molar-refractivity contribution in [3.8, 4) is 0 Å². The highest BCUT2D eigenvalue weighted by atomic mass is 79.9. The molecule has 5 heteroatoms. The minimum atomic E-state index is 0.529. The van der Waals surface area contributed by atoms with E-state index in [0.717, 1.165) is 6.34 Å². The predicted octanol–water partition coefficient (Wildman–Crippen LogP) is 1.48. The lowest BCUT2D eigenvalue weighted by Crippen LogP contribution is -2.01. The van der Waals surface area contributed by atoms with Crippen LogP contribution in [0.15, 0.2) is 27.8 Å². The van der Waals surface area contributed by atoms with Crippen LogP contribution in [0.1, 0.15) is 0 Å². The van der Waals surface area contributed by atoms with Gasteiger partial charge in [-0.3, -0.25) is 10.7 Å². The van der Waals surface area contributed by atoms with Gasteiger partial charge in [0.15, 0.2) is 5.82 Å². The van der Waals surface area contributed by atoms with Crippen molar-refractivity contribution >= 4 is 28.1 Å². The largest absolute Gasteiger partial charge is 0.290 e. The molecule has 0 atom stereocenters. The molecule has 0 fully saturated rings. The standard InChI is InChI=1S/C6H6BrN3O/c7-5-2-1-3-6(10-5)8-4-9-11/h1-4,11H,(H,8,9,10). The molecule has 11 heavy (non-hydrogen) atoms. The molecule has 1 aromatic heterocycles. The van der Waals surface area contributed by atoms with E-state index in [1.54, 1.807) is 23.7 Å². The second-order valence-electron chi connectivity index (χ2n) is 1.71. The highest BCUT2D eigenvalue weighted by Gasteiger charge is 1.89. The fourth-order valence-corrected chi connectivity index (χ4v) is 0.899. The Morgan fingerprint density at radius 3 is 3.09 bits per heavy atom. The van der Waals surface area contributed by atoms with Gasteiger partial charge in [-0.15, -0.1) is 0 Å². The Morgan fingerprint density at radius 2 is 2.45 bits per heavy atom. The van der Waals surface area contributed by atoms with Crippen LogP contribution in [-0.2, 0) is 0 Å². The maximum atomic E-state index is 8.16. The van der Waals surface area contributed by atoms with E-state index >= 15 is 0 Å². The van der Waals surface area contributed by atoms with Crippen molar-refractivity contribution < 1.29 is 5.21 Å². The summed E-state index contributed by atoms with van der Waals surface area (Å²) in [5.74, 6) is 0.529. The van der Waals surface area contributed by atoms with Crippen molar-refractivity contribution in [1.82, 2.24) is 10.5 Å². The quantitative estimate of drug-likeness (QED) is 0.340. The molecule has 0 saturated heterocycles. The van der Waals surface area contributed by atoms with Gasteiger partial charge in [0, 0.05) is 0 Å². The number of nitrogens with one attached hydrogen (secondary N) is 1. The van der Waals surface area contributed by atoms with Crippen molar-refractivity contribution in [2.24, 2.45) is 4.99 Å². The van der Waals surface area contributed by atoms with Gasteiger partial charge in [-0.1, -0.05) is 6.07 Å². The summed E-state index contributed by atoms with van der Waals surface area (Å²) in [6, 6.07) is 5.32. The zero-order chi connectivity index (χ0) is 8.10. The zero-order valence-corrected chi connectivity index (χ0v) is 7.12. The first-order valence-corrected chi connectivity index (χ1v) is 3.67. The normalized spacial score (nSPS) is 10.4. The predicted molar refractivity (Wildman–Crippen MR) is 45.0 cm³/mol. The summed E-state index contributed by atoms with van der Waals surface area (Å²) in [5, 5.41) is 8.16. The average Bonchev–Trinajstić information content (AvgIpc) is 2.01. The Kier molecular flexibility index (Phi) is 3.00. The molecule has 0 aliphatic carbocycles. The van der Waals surface area contributed by atoms with Crippen LogP contribution in [0.4, 0.5) is 5.82 Å². The molecule has 0 aliphatic heterocycles. The maximum Gasteiger partial charge on any atom is 0.154 e. The molecular weight excluding hydrogens is 210 g/mol. The molecule has 58 valence electrons. The van der Waals surface area contributed by atoms with Crippen molar-refractivity contribution in [2.45, 2.75) is 0 Å². The van der Waals surface area contributed by atoms with Crippen LogP contribution in [0.2, 0.25) is 0 Å². The van der Waals surface area contributed by atoms with E-state index in [1.807, 2.05) is 0 Å². The highest BCUT2D eigenvalue weighted by Crippen LogP contribution is 2.11. The van der Waals surface area contributed by atoms with Gasteiger partial charge in [-0.2, -0.15) is 0 Å². The van der Waals surface area contributed by atoms with E-state index in [1.165, 1.54) is 0 Å². The second-order valence-corrected chi connectivity index (χ2v) is 2.52. The van der Waals surface area contributed by atoms with Crippen molar-refractivity contribution in [1.29, 1.82) is 0 Å². The fourth-order valence-electron chi connectivity index (χ4n) is 0.564. The minimum absolute atomic E-state index is 0.529. The third-order valence-corrected chi connectivity index (χ3v) is 1.40. The number of nitrogens with zero attached hydrogens (tertiary/aromatic N) is 2. The number of halogens is 1. The second kappa shape index (κ2) is 4.05. The molecule has 1 aromatic rings. The Morgan fingerprint density at radius 1 is 1.64 bits per heavy atom. The molecular formula is C6H6BrN3O. The van der Waals surface area contributed by atoms with Crippen molar-refractivity contribution in [3.05, 3.63) is 22.8 Å². The van der Waals surface area contributed by atoms with Gasteiger partial charge in [-0.25, -0.2) is 9.98 Å². The Bertz CT molecular complexity index is 264. The summed E-state index contributed by atoms with van der Waals surface area (Å²) >= 11 is 3.19. The molecule has 2 N–H and O–H groups in total. The van der Waals surface area contributed by atoms with Gasteiger partial charge in [-0.05, 0) is 28.1 Å². The summed E-state index contributed by atoms with van der Waals surface area (Å²) in [5.41, 5.74) is 1.79. The van der Waals surface area contributed by atoms with E-state index < -0.39 is 0 Å². The number of aromatic nitrogens is 1. The number of hydroxylamine groups is 1. The van der Waals surface area contributed by atoms with Gasteiger partial charge in [0.05, 0.1) is 0 Å². The van der Waals surface area contributed by atoms with Crippen LogP contribution >= 0.6 is 15.9 Å². The monoisotopic (exact) mass is 215 g/mol. The molecule has 0 amide bonds. The third-order valence-electron chi connectivity index (χ3n) is 0.955. The van der Waals surface area contributed by atoms with Crippen LogP contribution in [0, 0.1) is 0 Å². The topological polar surface area (TPSA) is 57.5 Å². The van der Waals surface area contributed by atoms with Crippen LogP contribution < -0.4 is 5.48 Å². The SMILES string of the molecule is ONC=Nc1cccc(Br)n1. The third kappa shape index (κ3) is 2.65. The fraction of sp³-hybridized carbons (Fsp3) is 0. The number of rotatable bonds is 2. The van der Waals surface area contributed by atoms with Crippen molar-refractivity contribution in [2.75, 3.05) is 0 Å². The highest BCUT2D eigenvalue weighted by molar-refractivity contribution is 9.10. The smallest absolute Gasteiger partial charge is 0.154 e. The van der Waals surface area contributed by atoms with E-state index in [0.29, 0.717) is 10.4 Å². The van der Waals surface area contributed by atoms with E-state index in [2.05, 4.69) is 25.9 Å². The number of hydrogen-bond donors (Lipinski definition) is 2. The maximum absolute atomic E-state index is 8.16. The van der Waals surface area contributed by atoms with Crippen LogP contribution in [0.3, 0.4) is 0 Å². The van der Waals surface area contributed by atoms with Gasteiger partial charge < -0.3 is 0 Å². The first-order valence-electron chi connectivity index (χ1n) is 2.87. The van der Waals surface area contributed by atoms with Gasteiger partial charge in [0.1, 0.15) is 10.9 Å². The molecule has 0 aromatic carbocycles. The van der Waals surface area contributed by atoms with E-state index in [4.69, 9.17) is 5.21 Å². The van der Waals surface area contributed by atoms with E-state index in [9.17, 15) is 0 Å². The summed E-state index contributed by atoms with van der Waals surface area (Å²) in [7, 11) is 0. The molecule has 4 nitrogen and oxygen atoms in total. The van der Waals surface area contributed by atoms with Crippen LogP contribution in [0.5, 0.6) is 0 Å². The molecule has 0 unspecified atom stereocenters. The summed E-state index contributed by atoms with van der Waals surface area (Å²) in [6.45, 7) is 0. The van der Waals surface area contributed by atoms with Gasteiger partial charge in [0.2, 0.25) is 0 Å². The van der Waals surface area contributed by atoms with Crippen molar-refractivity contribution in [3.63, 3.8) is 0 Å². The lowest BCUT2D eigenvalue weighted by Gasteiger charge is -1.91. The molecule has 0 radical (unpaired) electrons. The summed E-state index contributed by atoms with van der Waals surface area (Å²) in [6.07, 6.45) is 1.15. The lowest BCUT2D eigenvalue weighted by molar-refractivity contribution is 0.240. The molecule has 0 bridgehead atoms.